The van der Waals surface area contributed by atoms with Crippen LogP contribution in [0.4, 0.5) is 5.69 Å². The second-order valence-electron chi connectivity index (χ2n) is 8.08. The van der Waals surface area contributed by atoms with Crippen LogP contribution in [0.5, 0.6) is 0 Å². The topological polar surface area (TPSA) is 98.4 Å². The van der Waals surface area contributed by atoms with Gasteiger partial charge in [0, 0.05) is 36.5 Å². The molecule has 0 saturated carbocycles. The highest BCUT2D eigenvalue weighted by Gasteiger charge is 2.24. The molecule has 5 heteroatoms. The monoisotopic (exact) mass is 449 g/mol. The van der Waals surface area contributed by atoms with E-state index in [1.54, 1.807) is 12.1 Å². The molecule has 35 heavy (non-hydrogen) atoms. The first-order valence-corrected chi connectivity index (χ1v) is 10.8. The largest absolute Gasteiger partial charge is 0.378 e. The molecule has 0 N–H and O–H groups in total. The molecule has 5 nitrogen and oxygen atoms in total. The van der Waals surface area contributed by atoms with Gasteiger partial charge in [-0.1, -0.05) is 60.7 Å². The van der Waals surface area contributed by atoms with Crippen molar-refractivity contribution in [2.45, 2.75) is 0 Å². The quantitative estimate of drug-likeness (QED) is 0.205. The summed E-state index contributed by atoms with van der Waals surface area (Å²) in [5, 5.41) is 43.4. The van der Waals surface area contributed by atoms with Crippen LogP contribution >= 0.6 is 0 Å². The molecule has 0 radical (unpaired) electrons. The highest BCUT2D eigenvalue weighted by atomic mass is 15.1. The number of benzene rings is 4. The molecule has 0 saturated heterocycles. The number of fused-ring (bicyclic) bond motifs is 2. The van der Waals surface area contributed by atoms with Crippen molar-refractivity contribution in [3.63, 3.8) is 0 Å². The summed E-state index contributed by atoms with van der Waals surface area (Å²) >= 11 is 0. The van der Waals surface area contributed by atoms with Crippen molar-refractivity contribution in [2.24, 2.45) is 0 Å². The summed E-state index contributed by atoms with van der Waals surface area (Å²) in [6, 6.07) is 32.8. The van der Waals surface area contributed by atoms with Crippen LogP contribution in [-0.2, 0) is 0 Å². The lowest BCUT2D eigenvalue weighted by atomic mass is 9.82. The van der Waals surface area contributed by atoms with E-state index in [1.807, 2.05) is 104 Å². The van der Waals surface area contributed by atoms with Crippen LogP contribution in [0, 0.1) is 45.3 Å². The van der Waals surface area contributed by atoms with Crippen molar-refractivity contribution in [2.75, 3.05) is 19.0 Å². The predicted molar refractivity (Wildman–Crippen MR) is 139 cm³/mol. The molecule has 0 heterocycles. The third-order valence-electron chi connectivity index (χ3n) is 5.89. The Balaban J connectivity index is 2.23. The second-order valence-corrected chi connectivity index (χ2v) is 8.08. The van der Waals surface area contributed by atoms with E-state index in [9.17, 15) is 21.0 Å². The lowest BCUT2D eigenvalue weighted by molar-refractivity contribution is 1.13. The number of rotatable bonds is 4. The molecule has 4 aromatic rings. The SMILES string of the molecule is CN(C)c1ccc(C(=C(C#N)C#N)C(=C(C#N)C#N)c2c3ccccc3cc3ccccc23)cc1. The molecule has 0 atom stereocenters. The van der Waals surface area contributed by atoms with E-state index in [0.717, 1.165) is 27.2 Å². The van der Waals surface area contributed by atoms with E-state index in [4.69, 9.17) is 0 Å². The maximum Gasteiger partial charge on any atom is 0.138 e. The fraction of sp³-hybridized carbons (Fsp3) is 0.0667. The minimum absolute atomic E-state index is 0.166. The first-order chi connectivity index (χ1) is 17.0. The average Bonchev–Trinajstić information content (AvgIpc) is 2.89. The summed E-state index contributed by atoms with van der Waals surface area (Å²) < 4.78 is 0. The van der Waals surface area contributed by atoms with Crippen molar-refractivity contribution >= 4 is 38.4 Å². The van der Waals surface area contributed by atoms with E-state index in [0.29, 0.717) is 11.1 Å². The summed E-state index contributed by atoms with van der Waals surface area (Å²) in [5.74, 6) is 0. The van der Waals surface area contributed by atoms with Crippen LogP contribution in [0.1, 0.15) is 11.1 Å². The minimum atomic E-state index is -0.169. The van der Waals surface area contributed by atoms with Gasteiger partial charge in [-0.15, -0.1) is 0 Å². The van der Waals surface area contributed by atoms with Crippen LogP contribution in [0.25, 0.3) is 32.7 Å². The first kappa shape index (κ1) is 22.8. The van der Waals surface area contributed by atoms with Gasteiger partial charge in [-0.2, -0.15) is 21.0 Å². The van der Waals surface area contributed by atoms with E-state index in [-0.39, 0.29) is 22.3 Å². The molecule has 0 unspecified atom stereocenters. The summed E-state index contributed by atoms with van der Waals surface area (Å²) in [6.45, 7) is 0. The van der Waals surface area contributed by atoms with Gasteiger partial charge in [-0.25, -0.2) is 0 Å². The Morgan fingerprint density at radius 1 is 0.600 bits per heavy atom. The zero-order chi connectivity index (χ0) is 24.9. The Hall–Kier alpha value is -5.36. The number of nitrogens with zero attached hydrogens (tertiary/aromatic N) is 5. The lowest BCUT2D eigenvalue weighted by Crippen LogP contribution is -2.08. The van der Waals surface area contributed by atoms with Gasteiger partial charge >= 0.3 is 0 Å². The Morgan fingerprint density at radius 3 is 1.51 bits per heavy atom. The fourth-order valence-corrected chi connectivity index (χ4v) is 4.27. The van der Waals surface area contributed by atoms with Crippen molar-refractivity contribution in [3.8, 4) is 24.3 Å². The molecule has 0 aliphatic heterocycles. The Morgan fingerprint density at radius 2 is 1.06 bits per heavy atom. The van der Waals surface area contributed by atoms with Crippen molar-refractivity contribution in [3.05, 3.63) is 101 Å². The lowest BCUT2D eigenvalue weighted by Gasteiger charge is -2.19. The second kappa shape index (κ2) is 9.64. The van der Waals surface area contributed by atoms with Crippen molar-refractivity contribution in [1.29, 1.82) is 21.0 Å². The summed E-state index contributed by atoms with van der Waals surface area (Å²) in [4.78, 5) is 1.94. The van der Waals surface area contributed by atoms with E-state index in [1.165, 1.54) is 0 Å². The molecule has 0 aliphatic rings. The molecule has 0 spiro atoms. The van der Waals surface area contributed by atoms with Gasteiger partial charge < -0.3 is 4.90 Å². The summed E-state index contributed by atoms with van der Waals surface area (Å²) in [6.07, 6.45) is 0. The maximum absolute atomic E-state index is 10.0. The molecule has 0 amide bonds. The van der Waals surface area contributed by atoms with Crippen LogP contribution in [0.3, 0.4) is 0 Å². The van der Waals surface area contributed by atoms with E-state index >= 15 is 0 Å². The van der Waals surface area contributed by atoms with Gasteiger partial charge in [0.05, 0.1) is 0 Å². The number of hydrogen-bond donors (Lipinski definition) is 0. The third-order valence-corrected chi connectivity index (χ3v) is 5.89. The molecular formula is C30H19N5. The van der Waals surface area contributed by atoms with E-state index < -0.39 is 0 Å². The van der Waals surface area contributed by atoms with Crippen LogP contribution in [0.15, 0.2) is 90.0 Å². The Bertz CT molecular complexity index is 1610. The smallest absolute Gasteiger partial charge is 0.138 e. The molecule has 0 aromatic heterocycles. The van der Waals surface area contributed by atoms with Gasteiger partial charge in [0.25, 0.3) is 0 Å². The number of hydrogen-bond acceptors (Lipinski definition) is 5. The number of anilines is 1. The van der Waals surface area contributed by atoms with Gasteiger partial charge in [0.2, 0.25) is 0 Å². The maximum atomic E-state index is 10.0. The van der Waals surface area contributed by atoms with Gasteiger partial charge in [-0.05, 0) is 45.3 Å². The summed E-state index contributed by atoms with van der Waals surface area (Å²) in [7, 11) is 3.83. The molecule has 164 valence electrons. The fourth-order valence-electron chi connectivity index (χ4n) is 4.27. The molecule has 0 aliphatic carbocycles. The normalized spacial score (nSPS) is 9.89. The molecule has 4 aromatic carbocycles. The zero-order valence-electron chi connectivity index (χ0n) is 19.2. The summed E-state index contributed by atoms with van der Waals surface area (Å²) in [5.41, 5.74) is 2.36. The van der Waals surface area contributed by atoms with Crippen LogP contribution < -0.4 is 4.90 Å². The molecular weight excluding hydrogens is 430 g/mol. The molecule has 0 bridgehead atoms. The van der Waals surface area contributed by atoms with Gasteiger partial charge in [0.1, 0.15) is 35.4 Å². The minimum Gasteiger partial charge on any atom is -0.378 e. The number of allylic oxidation sites excluding steroid dienone is 4. The molecule has 4 rings (SSSR count). The first-order valence-electron chi connectivity index (χ1n) is 10.8. The zero-order valence-corrected chi connectivity index (χ0v) is 19.2. The predicted octanol–water partition coefficient (Wildman–Crippen LogP) is 6.36. The van der Waals surface area contributed by atoms with Crippen LogP contribution in [0.2, 0.25) is 0 Å². The van der Waals surface area contributed by atoms with Crippen molar-refractivity contribution < 1.29 is 0 Å². The van der Waals surface area contributed by atoms with Gasteiger partial charge in [-0.3, -0.25) is 0 Å². The standard InChI is InChI=1S/C30H19N5/c1-35(2)25-13-11-20(12-14-25)28(23(16-31)17-32)29(24(18-33)19-34)30-26-9-5-3-7-21(26)15-22-8-4-6-10-27(22)30/h3-15H,1-2H3. The number of nitriles is 4. The van der Waals surface area contributed by atoms with Crippen molar-refractivity contribution in [1.82, 2.24) is 0 Å². The highest BCUT2D eigenvalue weighted by molar-refractivity contribution is 6.21. The van der Waals surface area contributed by atoms with E-state index in [2.05, 4.69) is 6.07 Å². The highest BCUT2D eigenvalue weighted by Crippen LogP contribution is 2.43. The molecule has 0 fully saturated rings. The average molecular weight is 450 g/mol. The van der Waals surface area contributed by atoms with Gasteiger partial charge in [0.15, 0.2) is 0 Å². The van der Waals surface area contributed by atoms with Crippen LogP contribution in [-0.4, -0.2) is 14.1 Å². The third kappa shape index (κ3) is 4.07. The Labute approximate surface area is 203 Å². The Kier molecular flexibility index (Phi) is 6.29.